The zero-order chi connectivity index (χ0) is 16.7. The highest BCUT2D eigenvalue weighted by Gasteiger charge is 2.31. The maximum Gasteiger partial charge on any atom is 0.222 e. The minimum absolute atomic E-state index is 0.0296. The summed E-state index contributed by atoms with van der Waals surface area (Å²) in [4.78, 5) is 18.7. The molecular formula is C17H33N5O. The van der Waals surface area contributed by atoms with Crippen molar-refractivity contribution in [3.05, 3.63) is 0 Å². The molecule has 0 atom stereocenters. The van der Waals surface area contributed by atoms with Gasteiger partial charge in [-0.1, -0.05) is 13.8 Å². The predicted octanol–water partition coefficient (Wildman–Crippen LogP) is 0.941. The molecule has 1 aliphatic carbocycles. The summed E-state index contributed by atoms with van der Waals surface area (Å²) in [5.74, 6) is 0.990. The van der Waals surface area contributed by atoms with E-state index in [-0.39, 0.29) is 11.8 Å². The summed E-state index contributed by atoms with van der Waals surface area (Å²) in [5.41, 5.74) is 0. The van der Waals surface area contributed by atoms with Crippen LogP contribution in [0.5, 0.6) is 0 Å². The van der Waals surface area contributed by atoms with Gasteiger partial charge in [0.2, 0.25) is 5.91 Å². The van der Waals surface area contributed by atoms with Crippen molar-refractivity contribution >= 4 is 11.9 Å². The quantitative estimate of drug-likeness (QED) is 0.370. The predicted molar refractivity (Wildman–Crippen MR) is 94.6 cm³/mol. The Morgan fingerprint density at radius 2 is 1.87 bits per heavy atom. The second-order valence-electron chi connectivity index (χ2n) is 6.89. The highest BCUT2D eigenvalue weighted by molar-refractivity contribution is 5.80. The van der Waals surface area contributed by atoms with Gasteiger partial charge in [-0.25, -0.2) is 0 Å². The molecule has 0 radical (unpaired) electrons. The van der Waals surface area contributed by atoms with Crippen molar-refractivity contribution in [3.63, 3.8) is 0 Å². The number of hydrogen-bond acceptors (Lipinski definition) is 3. The van der Waals surface area contributed by atoms with Gasteiger partial charge in [-0.3, -0.25) is 9.79 Å². The second kappa shape index (κ2) is 9.11. The Bertz CT molecular complexity index is 398. The van der Waals surface area contributed by atoms with Crippen LogP contribution in [0, 0.1) is 5.92 Å². The first-order valence-corrected chi connectivity index (χ1v) is 9.16. The van der Waals surface area contributed by atoms with E-state index in [1.807, 2.05) is 13.8 Å². The monoisotopic (exact) mass is 323 g/mol. The van der Waals surface area contributed by atoms with Crippen molar-refractivity contribution in [1.82, 2.24) is 20.9 Å². The lowest BCUT2D eigenvalue weighted by Gasteiger charge is -2.33. The maximum absolute atomic E-state index is 11.5. The van der Waals surface area contributed by atoms with Crippen LogP contribution in [0.15, 0.2) is 4.99 Å². The van der Waals surface area contributed by atoms with Gasteiger partial charge in [-0.05, 0) is 32.6 Å². The molecule has 0 aromatic carbocycles. The fourth-order valence-corrected chi connectivity index (χ4v) is 2.91. The van der Waals surface area contributed by atoms with E-state index in [1.54, 1.807) is 0 Å². The Labute approximate surface area is 140 Å². The van der Waals surface area contributed by atoms with Crippen LogP contribution in [0.4, 0.5) is 0 Å². The zero-order valence-corrected chi connectivity index (χ0v) is 14.9. The van der Waals surface area contributed by atoms with Crippen molar-refractivity contribution in [2.45, 2.75) is 58.5 Å². The van der Waals surface area contributed by atoms with Gasteiger partial charge >= 0.3 is 0 Å². The molecular weight excluding hydrogens is 290 g/mol. The molecule has 2 fully saturated rings. The SMILES string of the molecule is CCNC(=NCCNC(=O)C(C)C)NC1CCN(C2CC2)CC1. The minimum atomic E-state index is 0.0296. The summed E-state index contributed by atoms with van der Waals surface area (Å²) >= 11 is 0. The van der Waals surface area contributed by atoms with Crippen LogP contribution < -0.4 is 16.0 Å². The largest absolute Gasteiger partial charge is 0.357 e. The number of nitrogens with zero attached hydrogens (tertiary/aromatic N) is 2. The Morgan fingerprint density at radius 3 is 2.43 bits per heavy atom. The third-order valence-corrected chi connectivity index (χ3v) is 4.48. The molecule has 1 aliphatic heterocycles. The van der Waals surface area contributed by atoms with Gasteiger partial charge < -0.3 is 20.9 Å². The van der Waals surface area contributed by atoms with Gasteiger partial charge in [0.1, 0.15) is 0 Å². The van der Waals surface area contributed by atoms with E-state index < -0.39 is 0 Å². The number of hydrogen-bond donors (Lipinski definition) is 3. The van der Waals surface area contributed by atoms with Gasteiger partial charge in [0, 0.05) is 44.2 Å². The Hall–Kier alpha value is -1.30. The first-order valence-electron chi connectivity index (χ1n) is 9.16. The molecule has 0 aromatic rings. The van der Waals surface area contributed by atoms with E-state index in [0.29, 0.717) is 19.1 Å². The summed E-state index contributed by atoms with van der Waals surface area (Å²) in [6, 6.07) is 1.38. The molecule has 3 N–H and O–H groups in total. The number of likely N-dealkylation sites (tertiary alicyclic amines) is 1. The summed E-state index contributed by atoms with van der Waals surface area (Å²) in [5, 5.41) is 9.75. The van der Waals surface area contributed by atoms with E-state index in [2.05, 4.69) is 32.8 Å². The van der Waals surface area contributed by atoms with Crippen molar-refractivity contribution in [1.29, 1.82) is 0 Å². The number of carbonyl (C=O) groups is 1. The second-order valence-corrected chi connectivity index (χ2v) is 6.89. The van der Waals surface area contributed by atoms with Gasteiger partial charge in [0.15, 0.2) is 5.96 Å². The molecule has 132 valence electrons. The van der Waals surface area contributed by atoms with Crippen LogP contribution in [0.25, 0.3) is 0 Å². The molecule has 6 heteroatoms. The smallest absolute Gasteiger partial charge is 0.222 e. The maximum atomic E-state index is 11.5. The van der Waals surface area contributed by atoms with Crippen molar-refractivity contribution < 1.29 is 4.79 Å². The molecule has 2 rings (SSSR count). The number of guanidine groups is 1. The van der Waals surface area contributed by atoms with E-state index in [4.69, 9.17) is 0 Å². The minimum Gasteiger partial charge on any atom is -0.357 e. The first-order chi connectivity index (χ1) is 11.1. The fraction of sp³-hybridized carbons (Fsp3) is 0.882. The molecule has 1 heterocycles. The van der Waals surface area contributed by atoms with E-state index >= 15 is 0 Å². The fourth-order valence-electron chi connectivity index (χ4n) is 2.91. The molecule has 0 aromatic heterocycles. The topological polar surface area (TPSA) is 68.8 Å². The number of piperidine rings is 1. The third-order valence-electron chi connectivity index (χ3n) is 4.48. The Kier molecular flexibility index (Phi) is 7.15. The van der Waals surface area contributed by atoms with E-state index in [1.165, 1.54) is 38.8 Å². The third kappa shape index (κ3) is 6.37. The van der Waals surface area contributed by atoms with Crippen LogP contribution in [-0.2, 0) is 4.79 Å². The molecule has 1 saturated heterocycles. The molecule has 0 spiro atoms. The number of rotatable bonds is 7. The number of aliphatic imine (C=N–C) groups is 1. The summed E-state index contributed by atoms with van der Waals surface area (Å²) in [7, 11) is 0. The summed E-state index contributed by atoms with van der Waals surface area (Å²) in [6.07, 6.45) is 5.16. The van der Waals surface area contributed by atoms with E-state index in [0.717, 1.165) is 18.5 Å². The number of carbonyl (C=O) groups excluding carboxylic acids is 1. The average molecular weight is 323 g/mol. The van der Waals surface area contributed by atoms with Crippen molar-refractivity contribution in [2.75, 3.05) is 32.7 Å². The molecule has 0 unspecified atom stereocenters. The standard InChI is InChI=1S/C17H33N5O/c1-4-18-17(20-10-9-19-16(23)13(2)3)21-14-7-11-22(12-8-14)15-5-6-15/h13-15H,4-12H2,1-3H3,(H,19,23)(H2,18,20,21). The molecule has 1 amide bonds. The van der Waals surface area contributed by atoms with Crippen LogP contribution in [-0.4, -0.2) is 61.6 Å². The normalized spacial score (nSPS) is 20.6. The Balaban J connectivity index is 1.69. The molecule has 1 saturated carbocycles. The van der Waals surface area contributed by atoms with E-state index in [9.17, 15) is 4.79 Å². The highest BCUT2D eigenvalue weighted by atomic mass is 16.1. The average Bonchev–Trinajstić information content (AvgIpc) is 3.37. The molecule has 2 aliphatic rings. The zero-order valence-electron chi connectivity index (χ0n) is 14.9. The van der Waals surface area contributed by atoms with Crippen LogP contribution >= 0.6 is 0 Å². The number of amides is 1. The van der Waals surface area contributed by atoms with Crippen LogP contribution in [0.3, 0.4) is 0 Å². The van der Waals surface area contributed by atoms with Crippen molar-refractivity contribution in [3.8, 4) is 0 Å². The number of nitrogens with one attached hydrogen (secondary N) is 3. The highest BCUT2D eigenvalue weighted by Crippen LogP contribution is 2.29. The summed E-state index contributed by atoms with van der Waals surface area (Å²) in [6.45, 7) is 10.3. The van der Waals surface area contributed by atoms with Gasteiger partial charge in [0.25, 0.3) is 0 Å². The lowest BCUT2D eigenvalue weighted by molar-refractivity contribution is -0.123. The Morgan fingerprint density at radius 1 is 1.17 bits per heavy atom. The van der Waals surface area contributed by atoms with Gasteiger partial charge in [-0.15, -0.1) is 0 Å². The first kappa shape index (κ1) is 18.0. The van der Waals surface area contributed by atoms with Gasteiger partial charge in [-0.2, -0.15) is 0 Å². The lowest BCUT2D eigenvalue weighted by atomic mass is 10.1. The molecule has 6 nitrogen and oxygen atoms in total. The lowest BCUT2D eigenvalue weighted by Crippen LogP contribution is -2.49. The molecule has 0 bridgehead atoms. The van der Waals surface area contributed by atoms with Crippen LogP contribution in [0.2, 0.25) is 0 Å². The summed E-state index contributed by atoms with van der Waals surface area (Å²) < 4.78 is 0. The van der Waals surface area contributed by atoms with Gasteiger partial charge in [0.05, 0.1) is 6.54 Å². The van der Waals surface area contributed by atoms with Crippen molar-refractivity contribution in [2.24, 2.45) is 10.9 Å². The van der Waals surface area contributed by atoms with Crippen LogP contribution in [0.1, 0.15) is 46.5 Å². The molecule has 23 heavy (non-hydrogen) atoms.